The van der Waals surface area contributed by atoms with Crippen molar-refractivity contribution in [1.29, 1.82) is 0 Å². The van der Waals surface area contributed by atoms with Crippen LogP contribution in [-0.4, -0.2) is 35.8 Å². The molecule has 0 saturated carbocycles. The zero-order chi connectivity index (χ0) is 15.1. The van der Waals surface area contributed by atoms with E-state index in [1.165, 1.54) is 18.2 Å². The Hall–Kier alpha value is -1.37. The van der Waals surface area contributed by atoms with Crippen molar-refractivity contribution >= 4 is 17.3 Å². The molecule has 1 aromatic rings. The minimum absolute atomic E-state index is 0.0138. The molecule has 0 aliphatic heterocycles. The van der Waals surface area contributed by atoms with Crippen LogP contribution < -0.4 is 10.1 Å². The van der Waals surface area contributed by atoms with Crippen molar-refractivity contribution in [1.82, 2.24) is 5.32 Å². The number of nitro benzene ring substituents is 1. The van der Waals surface area contributed by atoms with Gasteiger partial charge in [0.15, 0.2) is 0 Å². The fraction of sp³-hybridized carbons (Fsp3) is 0.538. The number of aliphatic hydroxyl groups excluding tert-OH is 1. The maximum atomic E-state index is 10.6. The van der Waals surface area contributed by atoms with Gasteiger partial charge >= 0.3 is 0 Å². The summed E-state index contributed by atoms with van der Waals surface area (Å²) in [4.78, 5) is 10.0. The molecule has 0 saturated heterocycles. The van der Waals surface area contributed by atoms with Crippen molar-refractivity contribution in [3.05, 3.63) is 33.3 Å². The van der Waals surface area contributed by atoms with E-state index in [1.807, 2.05) is 0 Å². The van der Waals surface area contributed by atoms with Gasteiger partial charge in [-0.3, -0.25) is 10.1 Å². The summed E-state index contributed by atoms with van der Waals surface area (Å²) in [7, 11) is 0. The van der Waals surface area contributed by atoms with Crippen LogP contribution >= 0.6 is 11.6 Å². The molecule has 0 aromatic heterocycles. The molecule has 1 atom stereocenters. The largest absolute Gasteiger partial charge is 0.491 e. The third-order valence-corrected chi connectivity index (χ3v) is 2.79. The molecule has 20 heavy (non-hydrogen) atoms. The van der Waals surface area contributed by atoms with E-state index >= 15 is 0 Å². The fourth-order valence-corrected chi connectivity index (χ4v) is 1.75. The number of benzene rings is 1. The SMILES string of the molecule is CC(C)CNCC(O)COc1ccc([N+](=O)[O-])c(Cl)c1. The lowest BCUT2D eigenvalue weighted by Gasteiger charge is -2.14. The van der Waals surface area contributed by atoms with Crippen molar-refractivity contribution in [2.45, 2.75) is 20.0 Å². The summed E-state index contributed by atoms with van der Waals surface area (Å²) in [5.41, 5.74) is -0.168. The Labute approximate surface area is 122 Å². The average molecular weight is 303 g/mol. The van der Waals surface area contributed by atoms with Gasteiger partial charge in [0.25, 0.3) is 5.69 Å². The molecule has 7 heteroatoms. The van der Waals surface area contributed by atoms with E-state index in [0.29, 0.717) is 18.2 Å². The molecule has 0 fully saturated rings. The number of halogens is 1. The Morgan fingerprint density at radius 2 is 2.15 bits per heavy atom. The Bertz CT molecular complexity index is 454. The average Bonchev–Trinajstić information content (AvgIpc) is 2.35. The normalized spacial score (nSPS) is 12.4. The highest BCUT2D eigenvalue weighted by Gasteiger charge is 2.13. The van der Waals surface area contributed by atoms with Gasteiger partial charge in [-0.15, -0.1) is 0 Å². The van der Waals surface area contributed by atoms with Crippen molar-refractivity contribution < 1.29 is 14.8 Å². The second-order valence-corrected chi connectivity index (χ2v) is 5.29. The van der Waals surface area contributed by atoms with Crippen molar-refractivity contribution in [2.24, 2.45) is 5.92 Å². The van der Waals surface area contributed by atoms with Gasteiger partial charge in [0.05, 0.1) is 4.92 Å². The van der Waals surface area contributed by atoms with Gasteiger partial charge in [0, 0.05) is 18.7 Å². The van der Waals surface area contributed by atoms with Crippen LogP contribution in [-0.2, 0) is 0 Å². The number of ether oxygens (including phenoxy) is 1. The van der Waals surface area contributed by atoms with E-state index in [2.05, 4.69) is 19.2 Å². The number of hydrogen-bond acceptors (Lipinski definition) is 5. The van der Waals surface area contributed by atoms with E-state index in [4.69, 9.17) is 16.3 Å². The molecular weight excluding hydrogens is 284 g/mol. The van der Waals surface area contributed by atoms with Gasteiger partial charge in [-0.05, 0) is 18.5 Å². The lowest BCUT2D eigenvalue weighted by Crippen LogP contribution is -2.33. The Balaban J connectivity index is 2.41. The summed E-state index contributed by atoms with van der Waals surface area (Å²) in [6, 6.07) is 4.10. The van der Waals surface area contributed by atoms with Crippen LogP contribution in [0.1, 0.15) is 13.8 Å². The molecule has 1 aromatic carbocycles. The van der Waals surface area contributed by atoms with E-state index in [0.717, 1.165) is 6.54 Å². The van der Waals surface area contributed by atoms with E-state index < -0.39 is 11.0 Å². The van der Waals surface area contributed by atoms with E-state index in [9.17, 15) is 15.2 Å². The zero-order valence-corrected chi connectivity index (χ0v) is 12.3. The highest BCUT2D eigenvalue weighted by molar-refractivity contribution is 6.32. The monoisotopic (exact) mass is 302 g/mol. The molecule has 0 bridgehead atoms. The summed E-state index contributed by atoms with van der Waals surface area (Å²) >= 11 is 5.76. The van der Waals surface area contributed by atoms with Crippen molar-refractivity contribution in [2.75, 3.05) is 19.7 Å². The predicted octanol–water partition coefficient (Wildman–Crippen LogP) is 2.23. The number of nitrogens with one attached hydrogen (secondary N) is 1. The van der Waals surface area contributed by atoms with Gasteiger partial charge in [0.1, 0.15) is 23.5 Å². The second kappa shape index (κ2) is 8.04. The quantitative estimate of drug-likeness (QED) is 0.568. The molecule has 1 unspecified atom stereocenters. The maximum absolute atomic E-state index is 10.6. The number of nitro groups is 1. The number of aliphatic hydroxyl groups is 1. The van der Waals surface area contributed by atoms with Crippen LogP contribution in [0, 0.1) is 16.0 Å². The first kappa shape index (κ1) is 16.7. The minimum atomic E-state index is -0.650. The Morgan fingerprint density at radius 1 is 1.45 bits per heavy atom. The summed E-state index contributed by atoms with van der Waals surface area (Å²) in [6.45, 7) is 5.50. The molecule has 2 N–H and O–H groups in total. The molecule has 1 rings (SSSR count). The summed E-state index contributed by atoms with van der Waals surface area (Å²) < 4.78 is 5.34. The van der Waals surface area contributed by atoms with Crippen molar-refractivity contribution in [3.8, 4) is 5.75 Å². The summed E-state index contributed by atoms with van der Waals surface area (Å²) in [5, 5.41) is 23.4. The minimum Gasteiger partial charge on any atom is -0.491 e. The molecule has 112 valence electrons. The molecule has 0 aliphatic carbocycles. The lowest BCUT2D eigenvalue weighted by molar-refractivity contribution is -0.384. The molecule has 0 radical (unpaired) electrons. The van der Waals surface area contributed by atoms with Gasteiger partial charge < -0.3 is 15.2 Å². The van der Waals surface area contributed by atoms with Crippen LogP contribution in [0.25, 0.3) is 0 Å². The fourth-order valence-electron chi connectivity index (χ4n) is 1.52. The first-order chi connectivity index (χ1) is 9.40. The van der Waals surface area contributed by atoms with Crippen molar-refractivity contribution in [3.63, 3.8) is 0 Å². The summed E-state index contributed by atoms with van der Waals surface area (Å²) in [6.07, 6.45) is -0.650. The molecule has 6 nitrogen and oxygen atoms in total. The zero-order valence-electron chi connectivity index (χ0n) is 11.5. The first-order valence-corrected chi connectivity index (χ1v) is 6.73. The van der Waals surface area contributed by atoms with E-state index in [-0.39, 0.29) is 17.3 Å². The Kier molecular flexibility index (Phi) is 6.70. The molecule has 0 amide bonds. The smallest absolute Gasteiger partial charge is 0.288 e. The van der Waals surface area contributed by atoms with Crippen LogP contribution in [0.3, 0.4) is 0 Å². The molecule has 0 spiro atoms. The van der Waals surface area contributed by atoms with Crippen LogP contribution in [0.4, 0.5) is 5.69 Å². The second-order valence-electron chi connectivity index (χ2n) is 4.89. The highest BCUT2D eigenvalue weighted by Crippen LogP contribution is 2.28. The third kappa shape index (κ3) is 5.73. The topological polar surface area (TPSA) is 84.6 Å². The van der Waals surface area contributed by atoms with Gasteiger partial charge in [-0.1, -0.05) is 25.4 Å². The van der Waals surface area contributed by atoms with Gasteiger partial charge in [-0.2, -0.15) is 0 Å². The van der Waals surface area contributed by atoms with Crippen LogP contribution in [0.5, 0.6) is 5.75 Å². The van der Waals surface area contributed by atoms with E-state index in [1.54, 1.807) is 0 Å². The first-order valence-electron chi connectivity index (χ1n) is 6.35. The van der Waals surface area contributed by atoms with Gasteiger partial charge in [0.2, 0.25) is 0 Å². The lowest BCUT2D eigenvalue weighted by atomic mass is 10.2. The number of hydrogen-bond donors (Lipinski definition) is 2. The molecule has 0 aliphatic rings. The summed E-state index contributed by atoms with van der Waals surface area (Å²) in [5.74, 6) is 0.903. The standard InChI is InChI=1S/C13H19ClN2O4/c1-9(2)6-15-7-10(17)8-20-11-3-4-13(16(18)19)12(14)5-11/h3-5,9-10,15,17H,6-8H2,1-2H3. The maximum Gasteiger partial charge on any atom is 0.288 e. The number of rotatable bonds is 8. The van der Waals surface area contributed by atoms with Crippen LogP contribution in [0.15, 0.2) is 18.2 Å². The van der Waals surface area contributed by atoms with Gasteiger partial charge in [-0.25, -0.2) is 0 Å². The molecule has 0 heterocycles. The molecular formula is C13H19ClN2O4. The van der Waals surface area contributed by atoms with Crippen LogP contribution in [0.2, 0.25) is 5.02 Å². The number of nitrogens with zero attached hydrogens (tertiary/aromatic N) is 1. The predicted molar refractivity (Wildman–Crippen MR) is 77.3 cm³/mol. The Morgan fingerprint density at radius 3 is 2.70 bits per heavy atom. The third-order valence-electron chi connectivity index (χ3n) is 2.49. The highest BCUT2D eigenvalue weighted by atomic mass is 35.5.